The Morgan fingerprint density at radius 3 is 2.85 bits per heavy atom. The van der Waals surface area contributed by atoms with Crippen molar-refractivity contribution in [3.63, 3.8) is 0 Å². The summed E-state index contributed by atoms with van der Waals surface area (Å²) < 4.78 is 1.73. The minimum absolute atomic E-state index is 0.0270. The first-order chi connectivity index (χ1) is 12.7. The number of carbonyl (C=O) groups excluding carboxylic acids is 1. The Bertz CT molecular complexity index is 1010. The third-order valence-corrected chi connectivity index (χ3v) is 4.56. The van der Waals surface area contributed by atoms with E-state index in [0.29, 0.717) is 23.1 Å². The predicted molar refractivity (Wildman–Crippen MR) is 101 cm³/mol. The van der Waals surface area contributed by atoms with E-state index in [-0.39, 0.29) is 18.0 Å². The molecule has 1 amide bonds. The van der Waals surface area contributed by atoms with Gasteiger partial charge in [-0.05, 0) is 30.2 Å². The molecule has 1 aromatic heterocycles. The molecule has 0 atom stereocenters. The van der Waals surface area contributed by atoms with E-state index >= 15 is 0 Å². The molecule has 132 valence electrons. The Kier molecular flexibility index (Phi) is 4.50. The number of anilines is 1. The van der Waals surface area contributed by atoms with Gasteiger partial charge in [-0.25, -0.2) is 4.98 Å². The van der Waals surface area contributed by atoms with Gasteiger partial charge in [0.25, 0.3) is 5.56 Å². The van der Waals surface area contributed by atoms with E-state index < -0.39 is 0 Å². The number of carbonyl (C=O) groups is 1. The molecule has 2 aromatic carbocycles. The van der Waals surface area contributed by atoms with Crippen LogP contribution in [0.2, 0.25) is 0 Å². The fraction of sp³-hybridized carbons (Fsp3) is 0.250. The molecule has 2 heterocycles. The van der Waals surface area contributed by atoms with Crippen LogP contribution in [0.5, 0.6) is 0 Å². The van der Waals surface area contributed by atoms with Crippen molar-refractivity contribution in [2.45, 2.75) is 25.9 Å². The van der Waals surface area contributed by atoms with Gasteiger partial charge in [-0.15, -0.1) is 0 Å². The summed E-state index contributed by atoms with van der Waals surface area (Å²) >= 11 is 0. The molecular weight excluding hydrogens is 328 g/mol. The van der Waals surface area contributed by atoms with E-state index in [1.807, 2.05) is 30.3 Å². The molecule has 0 saturated heterocycles. The lowest BCUT2D eigenvalue weighted by Gasteiger charge is -2.09. The van der Waals surface area contributed by atoms with Crippen molar-refractivity contribution in [2.75, 3.05) is 11.9 Å². The van der Waals surface area contributed by atoms with Crippen molar-refractivity contribution in [3.8, 4) is 0 Å². The molecule has 26 heavy (non-hydrogen) atoms. The van der Waals surface area contributed by atoms with Crippen LogP contribution < -0.4 is 16.2 Å². The lowest BCUT2D eigenvalue weighted by atomic mass is 10.2. The molecular formula is C20H20N4O2. The van der Waals surface area contributed by atoms with E-state index in [1.54, 1.807) is 22.8 Å². The molecule has 6 heteroatoms. The summed E-state index contributed by atoms with van der Waals surface area (Å²) in [4.78, 5) is 29.3. The summed E-state index contributed by atoms with van der Waals surface area (Å²) in [5.74, 6) is 0.707. The highest BCUT2D eigenvalue weighted by atomic mass is 16.2. The summed E-state index contributed by atoms with van der Waals surface area (Å²) in [6.07, 6.45) is 1.80. The van der Waals surface area contributed by atoms with Crippen molar-refractivity contribution < 1.29 is 4.79 Å². The van der Waals surface area contributed by atoms with Gasteiger partial charge in [-0.1, -0.05) is 30.3 Å². The number of hydrogen-bond donors (Lipinski definition) is 2. The van der Waals surface area contributed by atoms with Crippen molar-refractivity contribution in [3.05, 3.63) is 70.3 Å². The number of nitrogens with one attached hydrogen (secondary N) is 2. The SMILES string of the molecule is O=C(CNCc1ccccc1)Nc1ccc2nc3n(c(=O)c2c1)CCC3. The summed E-state index contributed by atoms with van der Waals surface area (Å²) in [5.41, 5.74) is 2.39. The maximum atomic E-state index is 12.6. The van der Waals surface area contributed by atoms with Crippen LogP contribution in [0.3, 0.4) is 0 Å². The minimum Gasteiger partial charge on any atom is -0.325 e. The minimum atomic E-state index is -0.144. The first-order valence-electron chi connectivity index (χ1n) is 8.79. The quantitative estimate of drug-likeness (QED) is 0.740. The normalized spacial score (nSPS) is 12.9. The summed E-state index contributed by atoms with van der Waals surface area (Å²) in [7, 11) is 0. The number of fused-ring (bicyclic) bond motifs is 2. The predicted octanol–water partition coefficient (Wildman–Crippen LogP) is 2.07. The average molecular weight is 348 g/mol. The fourth-order valence-electron chi connectivity index (χ4n) is 3.28. The van der Waals surface area contributed by atoms with E-state index in [9.17, 15) is 9.59 Å². The number of amides is 1. The van der Waals surface area contributed by atoms with E-state index in [2.05, 4.69) is 15.6 Å². The summed E-state index contributed by atoms with van der Waals surface area (Å²) in [6, 6.07) is 15.2. The molecule has 0 unspecified atom stereocenters. The largest absolute Gasteiger partial charge is 0.325 e. The van der Waals surface area contributed by atoms with E-state index in [4.69, 9.17) is 0 Å². The van der Waals surface area contributed by atoms with E-state index in [0.717, 1.165) is 30.8 Å². The number of benzene rings is 2. The lowest BCUT2D eigenvalue weighted by molar-refractivity contribution is -0.115. The molecule has 4 rings (SSSR count). The van der Waals surface area contributed by atoms with Crippen molar-refractivity contribution >= 4 is 22.5 Å². The van der Waals surface area contributed by atoms with Gasteiger partial charge in [0.05, 0.1) is 17.4 Å². The van der Waals surface area contributed by atoms with E-state index in [1.165, 1.54) is 0 Å². The third kappa shape index (κ3) is 3.36. The zero-order valence-electron chi connectivity index (χ0n) is 14.4. The smallest absolute Gasteiger partial charge is 0.261 e. The third-order valence-electron chi connectivity index (χ3n) is 4.56. The first-order valence-corrected chi connectivity index (χ1v) is 8.79. The highest BCUT2D eigenvalue weighted by Gasteiger charge is 2.16. The van der Waals surface area contributed by atoms with Crippen LogP contribution in [-0.4, -0.2) is 22.0 Å². The maximum absolute atomic E-state index is 12.6. The Balaban J connectivity index is 1.44. The second-order valence-corrected chi connectivity index (χ2v) is 6.46. The number of aryl methyl sites for hydroxylation is 1. The monoisotopic (exact) mass is 348 g/mol. The lowest BCUT2D eigenvalue weighted by Crippen LogP contribution is -2.28. The first kappa shape index (κ1) is 16.5. The number of hydrogen-bond acceptors (Lipinski definition) is 4. The Morgan fingerprint density at radius 2 is 2.00 bits per heavy atom. The van der Waals surface area contributed by atoms with Crippen LogP contribution in [0.1, 0.15) is 17.8 Å². The molecule has 6 nitrogen and oxygen atoms in total. The molecule has 1 aliphatic heterocycles. The Morgan fingerprint density at radius 1 is 1.15 bits per heavy atom. The van der Waals surface area contributed by atoms with Crippen LogP contribution in [0.4, 0.5) is 5.69 Å². The van der Waals surface area contributed by atoms with Gasteiger partial charge in [-0.3, -0.25) is 14.2 Å². The molecule has 1 aliphatic rings. The Labute approximate surface area is 150 Å². The average Bonchev–Trinajstić information content (AvgIpc) is 3.12. The summed E-state index contributed by atoms with van der Waals surface area (Å²) in [6.45, 7) is 1.55. The standard InChI is InChI=1S/C20H20N4O2/c25-19(13-21-12-14-5-2-1-3-6-14)22-15-8-9-17-16(11-15)20(26)24-10-4-7-18(24)23-17/h1-3,5-6,8-9,11,21H,4,7,10,12-13H2,(H,22,25). The molecule has 0 spiro atoms. The van der Waals surface area contributed by atoms with Crippen molar-refractivity contribution in [1.29, 1.82) is 0 Å². The summed E-state index contributed by atoms with van der Waals surface area (Å²) in [5, 5.41) is 6.50. The maximum Gasteiger partial charge on any atom is 0.261 e. The van der Waals surface area contributed by atoms with Crippen LogP contribution in [0.15, 0.2) is 53.3 Å². The molecule has 0 aliphatic carbocycles. The molecule has 3 aromatic rings. The van der Waals surface area contributed by atoms with Gasteiger partial charge in [0.15, 0.2) is 0 Å². The zero-order chi connectivity index (χ0) is 17.9. The van der Waals surface area contributed by atoms with Crippen LogP contribution >= 0.6 is 0 Å². The highest BCUT2D eigenvalue weighted by molar-refractivity contribution is 5.94. The van der Waals surface area contributed by atoms with Gasteiger partial charge in [0, 0.05) is 25.2 Å². The highest BCUT2D eigenvalue weighted by Crippen LogP contribution is 2.18. The number of nitrogens with zero attached hydrogens (tertiary/aromatic N) is 2. The van der Waals surface area contributed by atoms with Gasteiger partial charge in [0.2, 0.25) is 5.91 Å². The molecule has 2 N–H and O–H groups in total. The molecule has 0 saturated carbocycles. The topological polar surface area (TPSA) is 76.0 Å². The molecule has 0 fully saturated rings. The van der Waals surface area contributed by atoms with Crippen LogP contribution in [-0.2, 0) is 24.3 Å². The molecule has 0 radical (unpaired) electrons. The fourth-order valence-corrected chi connectivity index (χ4v) is 3.28. The Hall–Kier alpha value is -2.99. The molecule has 0 bridgehead atoms. The second-order valence-electron chi connectivity index (χ2n) is 6.46. The van der Waals surface area contributed by atoms with Crippen LogP contribution in [0, 0.1) is 0 Å². The van der Waals surface area contributed by atoms with Gasteiger partial charge in [-0.2, -0.15) is 0 Å². The second kappa shape index (κ2) is 7.09. The number of rotatable bonds is 5. The van der Waals surface area contributed by atoms with Gasteiger partial charge >= 0.3 is 0 Å². The van der Waals surface area contributed by atoms with Gasteiger partial charge in [0.1, 0.15) is 5.82 Å². The van der Waals surface area contributed by atoms with Crippen molar-refractivity contribution in [1.82, 2.24) is 14.9 Å². The number of aromatic nitrogens is 2. The zero-order valence-corrected chi connectivity index (χ0v) is 14.4. The van der Waals surface area contributed by atoms with Gasteiger partial charge < -0.3 is 10.6 Å². The van der Waals surface area contributed by atoms with Crippen LogP contribution in [0.25, 0.3) is 10.9 Å². The van der Waals surface area contributed by atoms with Crippen molar-refractivity contribution in [2.24, 2.45) is 0 Å².